The molecule has 0 saturated carbocycles. The number of carbonyl (C=O) groups is 3. The molecule has 162 valence electrons. The van der Waals surface area contributed by atoms with E-state index in [0.29, 0.717) is 23.0 Å². The van der Waals surface area contributed by atoms with Crippen LogP contribution < -0.4 is 5.32 Å². The lowest BCUT2D eigenvalue weighted by molar-refractivity contribution is -0.128. The van der Waals surface area contributed by atoms with Crippen molar-refractivity contribution in [3.8, 4) is 0 Å². The van der Waals surface area contributed by atoms with Crippen LogP contribution in [-0.2, 0) is 14.3 Å². The number of nitrogens with one attached hydrogen (secondary N) is 1. The molecule has 1 N–H and O–H groups in total. The smallest absolute Gasteiger partial charge is 0.337 e. The third-order valence-corrected chi connectivity index (χ3v) is 6.05. The molecule has 1 atom stereocenters. The Balaban J connectivity index is 1.71. The van der Waals surface area contributed by atoms with Crippen LogP contribution in [0.4, 0.5) is 11.4 Å². The zero-order valence-electron chi connectivity index (χ0n) is 18.0. The SMILES string of the molecule is CCN1C(=O)C(CC(=O)Nc2ccc(C)cc2C)SC1=Nc1ccc(C(=O)OC)cc1. The Morgan fingerprint density at radius 3 is 2.48 bits per heavy atom. The molecule has 2 amide bonds. The fourth-order valence-electron chi connectivity index (χ4n) is 3.24. The second kappa shape index (κ2) is 9.78. The quantitative estimate of drug-likeness (QED) is 0.686. The lowest BCUT2D eigenvalue weighted by Crippen LogP contribution is -2.33. The second-order valence-corrected chi connectivity index (χ2v) is 8.36. The highest BCUT2D eigenvalue weighted by Gasteiger charge is 2.38. The number of esters is 1. The van der Waals surface area contributed by atoms with Gasteiger partial charge in [0.25, 0.3) is 0 Å². The van der Waals surface area contributed by atoms with Crippen molar-refractivity contribution in [2.45, 2.75) is 32.4 Å². The zero-order valence-corrected chi connectivity index (χ0v) is 18.8. The van der Waals surface area contributed by atoms with Crippen LogP contribution in [-0.4, -0.2) is 46.8 Å². The molecule has 0 aliphatic carbocycles. The summed E-state index contributed by atoms with van der Waals surface area (Å²) < 4.78 is 4.70. The maximum atomic E-state index is 12.8. The Labute approximate surface area is 185 Å². The van der Waals surface area contributed by atoms with E-state index in [-0.39, 0.29) is 18.2 Å². The van der Waals surface area contributed by atoms with Crippen molar-refractivity contribution in [2.24, 2.45) is 4.99 Å². The number of anilines is 1. The number of amides is 2. The van der Waals surface area contributed by atoms with Gasteiger partial charge in [-0.2, -0.15) is 0 Å². The maximum absolute atomic E-state index is 12.8. The Kier molecular flexibility index (Phi) is 7.12. The molecule has 0 aromatic heterocycles. The minimum absolute atomic E-state index is 0.0631. The highest BCUT2D eigenvalue weighted by Crippen LogP contribution is 2.32. The first-order valence-corrected chi connectivity index (χ1v) is 10.8. The number of benzene rings is 2. The lowest BCUT2D eigenvalue weighted by Gasteiger charge is -2.13. The fraction of sp³-hybridized carbons (Fsp3) is 0.304. The van der Waals surface area contributed by atoms with Gasteiger partial charge in [0, 0.05) is 18.7 Å². The lowest BCUT2D eigenvalue weighted by atomic mass is 10.1. The third-order valence-electron chi connectivity index (χ3n) is 4.88. The second-order valence-electron chi connectivity index (χ2n) is 7.19. The van der Waals surface area contributed by atoms with Crippen LogP contribution >= 0.6 is 11.8 Å². The van der Waals surface area contributed by atoms with E-state index < -0.39 is 11.2 Å². The fourth-order valence-corrected chi connectivity index (χ4v) is 4.46. The van der Waals surface area contributed by atoms with Gasteiger partial charge in [0.15, 0.2) is 5.17 Å². The molecule has 1 fully saturated rings. The third kappa shape index (κ3) is 5.32. The van der Waals surface area contributed by atoms with Crippen LogP contribution in [0.1, 0.15) is 34.8 Å². The summed E-state index contributed by atoms with van der Waals surface area (Å²) in [5.41, 5.74) is 3.89. The first-order valence-electron chi connectivity index (χ1n) is 9.94. The summed E-state index contributed by atoms with van der Waals surface area (Å²) in [5.74, 6) is -0.763. The molecule has 2 aromatic rings. The number of aryl methyl sites for hydroxylation is 2. The number of aliphatic imine (C=N–C) groups is 1. The Hall–Kier alpha value is -3.13. The van der Waals surface area contributed by atoms with Crippen molar-refractivity contribution in [3.05, 3.63) is 59.2 Å². The van der Waals surface area contributed by atoms with Crippen molar-refractivity contribution >= 4 is 46.1 Å². The molecule has 0 bridgehead atoms. The summed E-state index contributed by atoms with van der Waals surface area (Å²) in [7, 11) is 1.33. The van der Waals surface area contributed by atoms with E-state index in [1.54, 1.807) is 29.2 Å². The van der Waals surface area contributed by atoms with E-state index >= 15 is 0 Å². The van der Waals surface area contributed by atoms with E-state index in [9.17, 15) is 14.4 Å². The average molecular weight is 440 g/mol. The number of amidine groups is 1. The van der Waals surface area contributed by atoms with E-state index in [2.05, 4.69) is 10.3 Å². The molecule has 1 saturated heterocycles. The number of hydrogen-bond donors (Lipinski definition) is 1. The van der Waals surface area contributed by atoms with Gasteiger partial charge in [-0.25, -0.2) is 9.79 Å². The monoisotopic (exact) mass is 439 g/mol. The number of nitrogens with zero attached hydrogens (tertiary/aromatic N) is 2. The highest BCUT2D eigenvalue weighted by molar-refractivity contribution is 8.15. The standard InChI is InChI=1S/C23H25N3O4S/c1-5-26-21(28)19(13-20(27)25-18-11-6-14(2)12-15(18)3)31-23(26)24-17-9-7-16(8-10-17)22(29)30-4/h6-12,19H,5,13H2,1-4H3,(H,25,27). The summed E-state index contributed by atoms with van der Waals surface area (Å²) in [6.45, 7) is 6.26. The molecule has 0 spiro atoms. The van der Waals surface area contributed by atoms with Crippen LogP contribution in [0.5, 0.6) is 0 Å². The van der Waals surface area contributed by atoms with Gasteiger partial charge in [-0.3, -0.25) is 14.5 Å². The van der Waals surface area contributed by atoms with E-state index in [0.717, 1.165) is 16.8 Å². The Morgan fingerprint density at radius 1 is 1.16 bits per heavy atom. The molecule has 7 nitrogen and oxygen atoms in total. The largest absolute Gasteiger partial charge is 0.465 e. The van der Waals surface area contributed by atoms with Crippen molar-refractivity contribution < 1.29 is 19.1 Å². The average Bonchev–Trinajstić information content (AvgIpc) is 3.03. The van der Waals surface area contributed by atoms with E-state index in [1.165, 1.54) is 18.9 Å². The topological polar surface area (TPSA) is 88.1 Å². The summed E-state index contributed by atoms with van der Waals surface area (Å²) >= 11 is 1.28. The van der Waals surface area contributed by atoms with Crippen LogP contribution in [0.2, 0.25) is 0 Å². The molecule has 3 rings (SSSR count). The van der Waals surface area contributed by atoms with Crippen molar-refractivity contribution in [1.29, 1.82) is 0 Å². The highest BCUT2D eigenvalue weighted by atomic mass is 32.2. The van der Waals surface area contributed by atoms with E-state index in [4.69, 9.17) is 4.74 Å². The van der Waals surface area contributed by atoms with Crippen LogP contribution in [0, 0.1) is 13.8 Å². The van der Waals surface area contributed by atoms with Crippen LogP contribution in [0.3, 0.4) is 0 Å². The van der Waals surface area contributed by atoms with Gasteiger partial charge in [-0.15, -0.1) is 0 Å². The number of hydrogen-bond acceptors (Lipinski definition) is 6. The molecule has 1 heterocycles. The van der Waals surface area contributed by atoms with Gasteiger partial charge >= 0.3 is 5.97 Å². The molecular formula is C23H25N3O4S. The van der Waals surface area contributed by atoms with Gasteiger partial charge in [0.1, 0.15) is 5.25 Å². The first kappa shape index (κ1) is 22.6. The van der Waals surface area contributed by atoms with Gasteiger partial charge in [0.2, 0.25) is 11.8 Å². The number of thioether (sulfide) groups is 1. The van der Waals surface area contributed by atoms with Gasteiger partial charge in [-0.1, -0.05) is 29.5 Å². The van der Waals surface area contributed by atoms with Crippen LogP contribution in [0.15, 0.2) is 47.5 Å². The molecule has 8 heteroatoms. The maximum Gasteiger partial charge on any atom is 0.337 e. The van der Waals surface area contributed by atoms with Crippen molar-refractivity contribution in [3.63, 3.8) is 0 Å². The van der Waals surface area contributed by atoms with Crippen LogP contribution in [0.25, 0.3) is 0 Å². The van der Waals surface area contributed by atoms with Crippen molar-refractivity contribution in [1.82, 2.24) is 4.90 Å². The minimum atomic E-state index is -0.529. The summed E-state index contributed by atoms with van der Waals surface area (Å²) in [6, 6.07) is 12.4. The number of rotatable bonds is 6. The molecule has 31 heavy (non-hydrogen) atoms. The van der Waals surface area contributed by atoms with Crippen molar-refractivity contribution in [2.75, 3.05) is 19.0 Å². The van der Waals surface area contributed by atoms with Gasteiger partial charge in [0.05, 0.1) is 18.4 Å². The Morgan fingerprint density at radius 2 is 1.87 bits per heavy atom. The number of ether oxygens (including phenoxy) is 1. The van der Waals surface area contributed by atoms with Gasteiger partial charge in [-0.05, 0) is 56.7 Å². The summed E-state index contributed by atoms with van der Waals surface area (Å²) in [6.07, 6.45) is 0.0631. The molecule has 2 aromatic carbocycles. The molecule has 1 unspecified atom stereocenters. The summed E-state index contributed by atoms with van der Waals surface area (Å²) in [4.78, 5) is 43.1. The molecule has 1 aliphatic heterocycles. The van der Waals surface area contributed by atoms with E-state index in [1.807, 2.05) is 39.0 Å². The number of carbonyl (C=O) groups excluding carboxylic acids is 3. The number of methoxy groups -OCH3 is 1. The zero-order chi connectivity index (χ0) is 22.5. The molecular weight excluding hydrogens is 414 g/mol. The predicted octanol–water partition coefficient (Wildman–Crippen LogP) is 4.07. The Bertz CT molecular complexity index is 1030. The first-order chi connectivity index (χ1) is 14.8. The molecule has 1 aliphatic rings. The predicted molar refractivity (Wildman–Crippen MR) is 123 cm³/mol. The molecule has 0 radical (unpaired) electrons. The minimum Gasteiger partial charge on any atom is -0.465 e. The summed E-state index contributed by atoms with van der Waals surface area (Å²) in [5, 5.41) is 2.91. The van der Waals surface area contributed by atoms with Gasteiger partial charge < -0.3 is 10.1 Å². The normalized spacial score (nSPS) is 17.2.